The third kappa shape index (κ3) is 3.38. The van der Waals surface area contributed by atoms with Crippen molar-refractivity contribution in [3.8, 4) is 11.5 Å². The number of hydrogen-bond acceptors (Lipinski definition) is 2. The molecule has 0 radical (unpaired) electrons. The van der Waals surface area contributed by atoms with Gasteiger partial charge in [0.2, 0.25) is 0 Å². The first-order chi connectivity index (χ1) is 8.04. The molecule has 0 aliphatic rings. The normalized spacial score (nSPS) is 14.2. The highest BCUT2D eigenvalue weighted by Gasteiger charge is 2.20. The van der Waals surface area contributed by atoms with E-state index in [1.165, 1.54) is 0 Å². The standard InChI is InChI=1S/C13H18Br2O2/c1-5-8(2)13(15)9-6-12(17-4)10(14)7-11(9)16-3/h6-8,13H,5H2,1-4H3. The highest BCUT2D eigenvalue weighted by Crippen LogP contribution is 2.42. The fourth-order valence-corrected chi connectivity index (χ4v) is 2.83. The second-order valence-electron chi connectivity index (χ2n) is 4.02. The van der Waals surface area contributed by atoms with Crippen molar-refractivity contribution in [2.24, 2.45) is 5.92 Å². The zero-order chi connectivity index (χ0) is 13.0. The summed E-state index contributed by atoms with van der Waals surface area (Å²) in [7, 11) is 3.36. The van der Waals surface area contributed by atoms with Gasteiger partial charge in [-0.05, 0) is 34.0 Å². The van der Waals surface area contributed by atoms with Crippen LogP contribution >= 0.6 is 31.9 Å². The lowest BCUT2D eigenvalue weighted by Gasteiger charge is -2.20. The number of hydrogen-bond donors (Lipinski definition) is 0. The molecular formula is C13H18Br2O2. The van der Waals surface area contributed by atoms with E-state index in [0.717, 1.165) is 28.0 Å². The van der Waals surface area contributed by atoms with Crippen LogP contribution in [0.1, 0.15) is 30.7 Å². The van der Waals surface area contributed by atoms with Crippen molar-refractivity contribution < 1.29 is 9.47 Å². The van der Waals surface area contributed by atoms with Crippen molar-refractivity contribution in [3.63, 3.8) is 0 Å². The molecule has 4 heteroatoms. The van der Waals surface area contributed by atoms with E-state index in [0.29, 0.717) is 5.92 Å². The van der Waals surface area contributed by atoms with E-state index in [1.54, 1.807) is 14.2 Å². The van der Waals surface area contributed by atoms with Gasteiger partial charge in [0.1, 0.15) is 11.5 Å². The molecule has 0 spiro atoms. The third-order valence-electron chi connectivity index (χ3n) is 2.94. The first-order valence-electron chi connectivity index (χ1n) is 5.60. The SMILES string of the molecule is CCC(C)C(Br)c1cc(OC)c(Br)cc1OC. The van der Waals surface area contributed by atoms with Crippen LogP contribution in [0.3, 0.4) is 0 Å². The Bertz CT molecular complexity index is 380. The number of rotatable bonds is 5. The predicted octanol–water partition coefficient (Wildman–Crippen LogP) is 4.95. The molecule has 0 bridgehead atoms. The molecule has 1 rings (SSSR count). The fourth-order valence-electron chi connectivity index (χ4n) is 1.61. The summed E-state index contributed by atoms with van der Waals surface area (Å²) in [5.41, 5.74) is 1.13. The zero-order valence-corrected chi connectivity index (χ0v) is 13.8. The van der Waals surface area contributed by atoms with Gasteiger partial charge in [0, 0.05) is 10.4 Å². The quantitative estimate of drug-likeness (QED) is 0.687. The summed E-state index contributed by atoms with van der Waals surface area (Å²) in [5, 5.41) is 0. The molecule has 2 unspecified atom stereocenters. The molecule has 0 amide bonds. The molecule has 2 atom stereocenters. The maximum absolute atomic E-state index is 5.43. The molecule has 0 heterocycles. The van der Waals surface area contributed by atoms with Crippen molar-refractivity contribution in [1.29, 1.82) is 0 Å². The van der Waals surface area contributed by atoms with Crippen LogP contribution < -0.4 is 9.47 Å². The van der Waals surface area contributed by atoms with E-state index >= 15 is 0 Å². The molecule has 17 heavy (non-hydrogen) atoms. The van der Waals surface area contributed by atoms with Gasteiger partial charge in [-0.1, -0.05) is 36.2 Å². The Morgan fingerprint density at radius 2 is 1.76 bits per heavy atom. The van der Waals surface area contributed by atoms with Crippen molar-refractivity contribution in [1.82, 2.24) is 0 Å². The van der Waals surface area contributed by atoms with Crippen LogP contribution in [-0.4, -0.2) is 14.2 Å². The Balaban J connectivity index is 3.20. The van der Waals surface area contributed by atoms with Crippen molar-refractivity contribution in [2.45, 2.75) is 25.1 Å². The molecule has 1 aromatic carbocycles. The van der Waals surface area contributed by atoms with Crippen molar-refractivity contribution in [2.75, 3.05) is 14.2 Å². The van der Waals surface area contributed by atoms with Crippen molar-refractivity contribution >= 4 is 31.9 Å². The molecule has 0 aliphatic carbocycles. The Hall–Kier alpha value is -0.220. The average molecular weight is 366 g/mol. The van der Waals surface area contributed by atoms with Crippen LogP contribution in [0.15, 0.2) is 16.6 Å². The summed E-state index contributed by atoms with van der Waals surface area (Å²) in [5.74, 6) is 2.24. The summed E-state index contributed by atoms with van der Waals surface area (Å²) in [6, 6.07) is 3.97. The lowest BCUT2D eigenvalue weighted by molar-refractivity contribution is 0.392. The minimum absolute atomic E-state index is 0.268. The molecule has 2 nitrogen and oxygen atoms in total. The minimum atomic E-state index is 0.268. The van der Waals surface area contributed by atoms with Gasteiger partial charge in [-0.15, -0.1) is 0 Å². The van der Waals surface area contributed by atoms with Crippen LogP contribution in [0.5, 0.6) is 11.5 Å². The second-order valence-corrected chi connectivity index (χ2v) is 5.86. The van der Waals surface area contributed by atoms with Crippen molar-refractivity contribution in [3.05, 3.63) is 22.2 Å². The van der Waals surface area contributed by atoms with Crippen LogP contribution in [-0.2, 0) is 0 Å². The minimum Gasteiger partial charge on any atom is -0.496 e. The second kappa shape index (κ2) is 6.64. The topological polar surface area (TPSA) is 18.5 Å². The molecule has 0 aliphatic heterocycles. The third-order valence-corrected chi connectivity index (χ3v) is 4.96. The van der Waals surface area contributed by atoms with Gasteiger partial charge in [-0.3, -0.25) is 0 Å². The van der Waals surface area contributed by atoms with Crippen LogP contribution in [0.25, 0.3) is 0 Å². The summed E-state index contributed by atoms with van der Waals surface area (Å²) in [6.07, 6.45) is 1.11. The van der Waals surface area contributed by atoms with E-state index in [2.05, 4.69) is 45.7 Å². The maximum atomic E-state index is 5.43. The van der Waals surface area contributed by atoms with Gasteiger partial charge in [0.05, 0.1) is 18.7 Å². The van der Waals surface area contributed by atoms with E-state index in [1.807, 2.05) is 12.1 Å². The molecule has 96 valence electrons. The number of ether oxygens (including phenoxy) is 2. The lowest BCUT2D eigenvalue weighted by Crippen LogP contribution is -2.05. The first kappa shape index (κ1) is 14.8. The van der Waals surface area contributed by atoms with E-state index in [4.69, 9.17) is 9.47 Å². The number of methoxy groups -OCH3 is 2. The highest BCUT2D eigenvalue weighted by molar-refractivity contribution is 9.10. The fraction of sp³-hybridized carbons (Fsp3) is 0.538. The molecule has 0 fully saturated rings. The Labute approximate surface area is 120 Å². The number of halogens is 2. The van der Waals surface area contributed by atoms with Gasteiger partial charge < -0.3 is 9.47 Å². The van der Waals surface area contributed by atoms with Crippen LogP contribution in [0, 0.1) is 5.92 Å². The summed E-state index contributed by atoms with van der Waals surface area (Å²) < 4.78 is 11.7. The van der Waals surface area contributed by atoms with Crippen LogP contribution in [0.4, 0.5) is 0 Å². The maximum Gasteiger partial charge on any atom is 0.133 e. The summed E-state index contributed by atoms with van der Waals surface area (Å²) >= 11 is 7.21. The molecule has 1 aromatic rings. The van der Waals surface area contributed by atoms with E-state index in [-0.39, 0.29) is 4.83 Å². The molecule has 0 N–H and O–H groups in total. The molecule has 0 aromatic heterocycles. The Morgan fingerprint density at radius 1 is 1.18 bits per heavy atom. The molecule has 0 saturated carbocycles. The molecule has 0 saturated heterocycles. The zero-order valence-electron chi connectivity index (χ0n) is 10.6. The van der Waals surface area contributed by atoms with E-state index < -0.39 is 0 Å². The lowest BCUT2D eigenvalue weighted by atomic mass is 9.98. The monoisotopic (exact) mass is 364 g/mol. The summed E-state index contributed by atoms with van der Waals surface area (Å²) in [6.45, 7) is 4.40. The predicted molar refractivity (Wildman–Crippen MR) is 78.4 cm³/mol. The van der Waals surface area contributed by atoms with Gasteiger partial charge in [0.15, 0.2) is 0 Å². The number of alkyl halides is 1. The summed E-state index contributed by atoms with van der Waals surface area (Å²) in [4.78, 5) is 0.268. The Morgan fingerprint density at radius 3 is 2.24 bits per heavy atom. The van der Waals surface area contributed by atoms with Gasteiger partial charge in [0.25, 0.3) is 0 Å². The average Bonchev–Trinajstić information content (AvgIpc) is 2.36. The smallest absolute Gasteiger partial charge is 0.133 e. The Kier molecular flexibility index (Phi) is 5.80. The first-order valence-corrected chi connectivity index (χ1v) is 7.31. The van der Waals surface area contributed by atoms with Gasteiger partial charge in [-0.2, -0.15) is 0 Å². The number of benzene rings is 1. The van der Waals surface area contributed by atoms with Gasteiger partial charge >= 0.3 is 0 Å². The molecular weight excluding hydrogens is 348 g/mol. The van der Waals surface area contributed by atoms with E-state index in [9.17, 15) is 0 Å². The largest absolute Gasteiger partial charge is 0.496 e. The van der Waals surface area contributed by atoms with Crippen LogP contribution in [0.2, 0.25) is 0 Å². The highest BCUT2D eigenvalue weighted by atomic mass is 79.9. The van der Waals surface area contributed by atoms with Gasteiger partial charge in [-0.25, -0.2) is 0 Å².